The van der Waals surface area contributed by atoms with Crippen LogP contribution in [0.5, 0.6) is 0 Å². The zero-order valence-electron chi connectivity index (χ0n) is 76.6. The van der Waals surface area contributed by atoms with Crippen LogP contribution in [0.25, 0.3) is 44.7 Å². The second-order valence-electron chi connectivity index (χ2n) is 34.0. The number of nitrogens with two attached hydrogens (primary N) is 6. The van der Waals surface area contributed by atoms with Gasteiger partial charge in [-0.1, -0.05) is 77.8 Å². The number of ether oxygens (including phenoxy) is 7. The predicted octanol–water partition coefficient (Wildman–Crippen LogP) is -2.17. The molecule has 7 aliphatic heterocycles. The van der Waals surface area contributed by atoms with E-state index < -0.39 is 257 Å². The van der Waals surface area contributed by atoms with Crippen molar-refractivity contribution < 1.29 is 136 Å². The van der Waals surface area contributed by atoms with Crippen molar-refractivity contribution in [3.8, 4) is 0 Å². The van der Waals surface area contributed by atoms with E-state index in [1.165, 1.54) is 91.2 Å². The number of nitrogens with zero attached hydrogens (tertiary/aromatic N) is 21. The number of hydrogen-bond acceptors (Lipinski definition) is 60. The van der Waals surface area contributed by atoms with Gasteiger partial charge in [0.2, 0.25) is 0 Å². The molecule has 11 aromatic heterocycles. The van der Waals surface area contributed by atoms with Crippen LogP contribution in [0, 0.1) is 20.8 Å². The Labute approximate surface area is 863 Å². The van der Waals surface area contributed by atoms with Gasteiger partial charge in [0.25, 0.3) is 5.56 Å². The van der Waals surface area contributed by atoms with Crippen LogP contribution < -0.4 is 86.4 Å². The molecule has 11 aromatic rings. The lowest BCUT2D eigenvalue weighted by atomic mass is 10.1. The van der Waals surface area contributed by atoms with Gasteiger partial charge in [-0.3, -0.25) is 46.3 Å². The molecule has 61 nitrogen and oxygen atoms in total. The standard InChI is InChI=1S/C72H95N28O33P7S7/c1-6-33-34(7-49(120-33)97-26-87-52-60(75)79-22-83-64(52)97)128-135(107,142)114-19-44-39(12-51(125-44)99-28-89-54-62(77)81-24-85-66(54)99)132-139(111,146)119-21-45-57(56(101)69(126-45)100-29-90-55-63(78)82-25-86-67(55)100)133-140(112,147)118-20-43-37(9-47(122-43)95-14-31(3)59(74)92-71(95)104)130-137(109,144)117-18-42-38(10-48(123-42)96-15-32(4)68(102)93-72(96)105)131-138(110,145)116-17-41-36(8-46(121-41)94-13-30(2)58(73)91-70(94)103)129-136(108,143)115-16-40-35(127-134(106,141)113-5)11-50(124-40)98-27-88-53-61(76)80-23-84-65(53)98/h13-15,22-29,33-51,56-57,69,101H,6-12,16-21H2,1-5H3,(H,106,141)(H,107,142)(H,108,143)(H,109,144)(H,110,145)(H,111,146)(H,112,147)(H2,73,91,103)(H2,74,92,104)(H2,75,79,83)(H2,76,80,84)(H2,77,81,85)(H2,78,82,86)(H,93,102,105)/p-7/t33-,34?,35?,36?,37?,38?,39?,40-,41-,42-,43-,44-,45-,46-,47-,48-,49-,50-,51-,56+,57?,69-,134?,135?,136?,137?,138?,139?,140?/m1/s1. The molecule has 18 heterocycles. The van der Waals surface area contributed by atoms with Crippen molar-refractivity contribution in [2.24, 2.45) is 0 Å². The number of aromatic amines is 1. The topological polar surface area (TPSA) is 825 Å². The average molecular weight is 2310 g/mol. The van der Waals surface area contributed by atoms with Crippen molar-refractivity contribution in [1.82, 2.24) is 107 Å². The fraction of sp³-hybridized carbons (Fsp3) is 0.556. The minimum absolute atomic E-state index is 0.00777. The summed E-state index contributed by atoms with van der Waals surface area (Å²) in [6.07, 6.45) is -18.2. The second kappa shape index (κ2) is 44.0. The molecule has 0 radical (unpaired) electrons. The van der Waals surface area contributed by atoms with E-state index in [0.29, 0.717) is 23.1 Å². The Bertz CT molecular complexity index is 7440. The molecule has 0 aliphatic carbocycles. The van der Waals surface area contributed by atoms with E-state index in [0.717, 1.165) is 33.3 Å². The van der Waals surface area contributed by atoms with Crippen LogP contribution in [0.4, 0.5) is 34.9 Å². The van der Waals surface area contributed by atoms with Crippen molar-refractivity contribution in [2.75, 3.05) is 81.2 Å². The largest absolute Gasteiger partial charge is 0.780 e. The third-order valence-corrected chi connectivity index (χ3v) is 35.5. The van der Waals surface area contributed by atoms with Gasteiger partial charge in [-0.15, -0.1) is 0 Å². The third-order valence-electron chi connectivity index (χ3n) is 24.4. The Morgan fingerprint density at radius 1 is 0.388 bits per heavy atom. The lowest BCUT2D eigenvalue weighted by molar-refractivity contribution is -0.221. The Kier molecular flexibility index (Phi) is 32.8. The summed E-state index contributed by atoms with van der Waals surface area (Å²) in [6.45, 7) is -32.7. The van der Waals surface area contributed by atoms with Gasteiger partial charge in [0.05, 0.1) is 108 Å². The van der Waals surface area contributed by atoms with Gasteiger partial charge in [-0.05, 0) is 27.2 Å². The molecular weight excluding hydrogens is 2230 g/mol. The summed E-state index contributed by atoms with van der Waals surface area (Å²) in [5, 5.41) is 12.4. The summed E-state index contributed by atoms with van der Waals surface area (Å²) in [5.41, 5.74) is 34.9. The van der Waals surface area contributed by atoms with Crippen LogP contribution in [-0.4, -0.2) is 250 Å². The number of imidazole rings is 4. The van der Waals surface area contributed by atoms with Crippen LogP contribution in [0.1, 0.15) is 112 Å². The van der Waals surface area contributed by atoms with Crippen LogP contribution >= 0.6 is 47.1 Å². The molecular formula is C72H88N28O33P7S7-7. The van der Waals surface area contributed by atoms with Crippen molar-refractivity contribution in [2.45, 2.75) is 208 Å². The highest BCUT2D eigenvalue weighted by Crippen LogP contribution is 2.57. The maximum absolute atomic E-state index is 15.1. The number of aliphatic hydroxyl groups excluding tert-OH is 1. The van der Waals surface area contributed by atoms with Crippen molar-refractivity contribution >= 4 is 210 Å². The van der Waals surface area contributed by atoms with Crippen LogP contribution in [0.15, 0.2) is 88.4 Å². The average Bonchev–Trinajstić information content (AvgIpc) is 1.60. The first-order chi connectivity index (χ1) is 69.5. The molecule has 7 aliphatic rings. The molecule has 0 aromatic carbocycles. The molecule has 75 heteroatoms. The minimum atomic E-state index is -5.18. The zero-order valence-corrected chi connectivity index (χ0v) is 88.6. The second-order valence-corrected chi connectivity index (χ2v) is 53.0. The molecule has 0 bridgehead atoms. The number of anilines is 6. The molecule has 14 unspecified atom stereocenters. The summed E-state index contributed by atoms with van der Waals surface area (Å²) in [5.74, 6) is -0.199. The number of aryl methyl sites for hydroxylation is 3. The highest BCUT2D eigenvalue weighted by atomic mass is 32.7. The summed E-state index contributed by atoms with van der Waals surface area (Å²) in [7, 11) is 1.06. The third kappa shape index (κ3) is 24.6. The molecule has 147 heavy (non-hydrogen) atoms. The van der Waals surface area contributed by atoms with Crippen molar-refractivity contribution in [3.63, 3.8) is 0 Å². The lowest BCUT2D eigenvalue weighted by Crippen LogP contribution is -2.38. The number of H-pyrrole nitrogens is 1. The van der Waals surface area contributed by atoms with Gasteiger partial charge in [-0.2, -0.15) is 9.97 Å². The van der Waals surface area contributed by atoms with E-state index in [2.05, 4.69) is 74.8 Å². The maximum atomic E-state index is 15.1. The number of aliphatic hydroxyl groups is 1. The Morgan fingerprint density at radius 3 is 1.03 bits per heavy atom. The zero-order chi connectivity index (χ0) is 105. The lowest BCUT2D eigenvalue weighted by Gasteiger charge is -2.37. The first-order valence-corrected chi connectivity index (χ1v) is 61.8. The fourth-order valence-corrected chi connectivity index (χ4v) is 26.9. The highest BCUT2D eigenvalue weighted by molar-refractivity contribution is 8.32. The smallest absolute Gasteiger partial charge is 0.351 e. The molecule has 18 rings (SSSR count). The fourth-order valence-electron chi connectivity index (χ4n) is 17.2. The Morgan fingerprint density at radius 2 is 0.680 bits per heavy atom. The van der Waals surface area contributed by atoms with E-state index in [1.807, 2.05) is 6.92 Å². The Hall–Kier alpha value is -7.20. The number of aromatic nitrogens is 22. The van der Waals surface area contributed by atoms with Crippen molar-refractivity contribution in [1.29, 1.82) is 0 Å². The minimum Gasteiger partial charge on any atom is -0.780 e. The maximum Gasteiger partial charge on any atom is 0.351 e. The number of rotatable bonds is 41. The quantitative estimate of drug-likeness (QED) is 0.0149. The van der Waals surface area contributed by atoms with E-state index >= 15 is 9.79 Å². The molecule has 7 fully saturated rings. The van der Waals surface area contributed by atoms with Gasteiger partial charge in [0.1, 0.15) is 186 Å². The normalized spacial score (nSPS) is 29.9. The van der Waals surface area contributed by atoms with Gasteiger partial charge in [-0.25, -0.2) is 74.2 Å². The van der Waals surface area contributed by atoms with E-state index in [1.54, 1.807) is 4.57 Å². The first-order valence-electron chi connectivity index (χ1n) is 43.9. The molecule has 0 spiro atoms. The van der Waals surface area contributed by atoms with E-state index in [4.69, 9.17) is 214 Å². The van der Waals surface area contributed by atoms with Crippen LogP contribution in [0.3, 0.4) is 0 Å². The van der Waals surface area contributed by atoms with Gasteiger partial charge < -0.3 is 178 Å². The van der Waals surface area contributed by atoms with Crippen molar-refractivity contribution in [3.05, 3.63) is 128 Å². The number of nitrogen functional groups attached to an aromatic ring is 6. The highest BCUT2D eigenvalue weighted by Gasteiger charge is 2.52. The summed E-state index contributed by atoms with van der Waals surface area (Å²) in [6, 6.07) is 0. The Balaban J connectivity index is 0.559. The molecule has 0 saturated carbocycles. The van der Waals surface area contributed by atoms with Gasteiger partial charge in [0.15, 0.2) is 58.9 Å². The van der Waals surface area contributed by atoms with Crippen LogP contribution in [-0.2, 0) is 184 Å². The summed E-state index contributed by atoms with van der Waals surface area (Å²) in [4.78, 5) is 201. The van der Waals surface area contributed by atoms with E-state index in [9.17, 15) is 48.4 Å². The molecule has 14 N–H and O–H groups in total. The van der Waals surface area contributed by atoms with Gasteiger partial charge in [0, 0.05) is 80.9 Å². The van der Waals surface area contributed by atoms with Crippen LogP contribution in [0.2, 0.25) is 0 Å². The molecule has 0 amide bonds. The molecule has 7 saturated heterocycles. The van der Waals surface area contributed by atoms with E-state index in [-0.39, 0.29) is 105 Å². The summed E-state index contributed by atoms with van der Waals surface area (Å²) >= 11 is 38.2. The predicted molar refractivity (Wildman–Crippen MR) is 519 cm³/mol. The van der Waals surface area contributed by atoms with Gasteiger partial charge >= 0.3 is 17.1 Å². The first kappa shape index (κ1) is 110. The SMILES string of the molecule is CC[C@H]1O[C@@H](n2cnc3c(N)ncnc32)CC1OP([O-])(=S)OC[C@H]1O[C@@H](n2cnc3c(N)ncnc32)CC1OP(=O)([S-])OC[C@H]1O[C@@H](n2cnc3c(N)ncnc32)[C@@H](O)C1OP([O-])(=S)OC[C@H]1O[C@@H](n2cc(C)c(N)nc2=O)CC1OP([O-])(=S)OC[C@H]1O[C@@H](n2cc(C)c(=O)[nH]c2=O)CC1OP([O-])(=S)OC[C@H]1O[C@@H](n2cc(C)c(N)nc2=O)CC1OP([O-])(=S)OC[C@H]1O[C@@H](n2cnc3c(N)ncnc32)CC1OP([O-])(=S)OC. The number of hydrogen-bond donors (Lipinski definition) is 8. The number of fused-ring (bicyclic) bond motifs is 4. The number of nitrogens with one attached hydrogen (secondary N) is 1. The summed E-state index contributed by atoms with van der Waals surface area (Å²) < 4.78 is 150. The monoisotopic (exact) mass is 2310 g/mol. The molecule has 29 atom stereocenters. The molecule has 798 valence electrons.